The molecule has 1 aliphatic heterocycles. The van der Waals surface area contributed by atoms with E-state index in [4.69, 9.17) is 10.5 Å². The summed E-state index contributed by atoms with van der Waals surface area (Å²) < 4.78 is 6.96. The lowest BCUT2D eigenvalue weighted by Crippen LogP contribution is -2.50. The van der Waals surface area contributed by atoms with Crippen LogP contribution in [0, 0.1) is 0 Å². The molecule has 1 aromatic rings. The first-order valence-electron chi connectivity index (χ1n) is 6.37. The largest absolute Gasteiger partial charge is 0.373 e. The lowest BCUT2D eigenvalue weighted by Gasteiger charge is -2.41. The fourth-order valence-corrected chi connectivity index (χ4v) is 4.38. The monoisotopic (exact) mass is 332 g/mol. The smallest absolute Gasteiger partial charge is 0.0702 e. The summed E-state index contributed by atoms with van der Waals surface area (Å²) in [5.41, 5.74) is 6.21. The van der Waals surface area contributed by atoms with Crippen LogP contribution in [-0.4, -0.2) is 36.2 Å². The zero-order valence-electron chi connectivity index (χ0n) is 11.1. The number of rotatable bonds is 3. The summed E-state index contributed by atoms with van der Waals surface area (Å²) in [5, 5.41) is 0. The highest BCUT2D eigenvalue weighted by molar-refractivity contribution is 9.11. The minimum absolute atomic E-state index is 0.119. The van der Waals surface area contributed by atoms with Crippen LogP contribution in [0.1, 0.15) is 31.7 Å². The van der Waals surface area contributed by atoms with Crippen molar-refractivity contribution < 1.29 is 4.74 Å². The molecule has 2 N–H and O–H groups in total. The average Bonchev–Trinajstić information content (AvgIpc) is 2.62. The molecule has 102 valence electrons. The van der Waals surface area contributed by atoms with Gasteiger partial charge in [-0.2, -0.15) is 0 Å². The molecule has 0 spiro atoms. The second kappa shape index (κ2) is 6.01. The van der Waals surface area contributed by atoms with E-state index in [1.54, 1.807) is 11.3 Å². The number of nitrogens with zero attached hydrogens (tertiary/aromatic N) is 1. The summed E-state index contributed by atoms with van der Waals surface area (Å²) in [6.07, 6.45) is 0.553. The van der Waals surface area contributed by atoms with Crippen LogP contribution in [0.25, 0.3) is 0 Å². The molecule has 0 bridgehead atoms. The molecule has 2 rings (SSSR count). The summed E-state index contributed by atoms with van der Waals surface area (Å²) in [6, 6.07) is 4.68. The van der Waals surface area contributed by atoms with Crippen molar-refractivity contribution in [3.8, 4) is 0 Å². The van der Waals surface area contributed by atoms with Crippen molar-refractivity contribution in [2.45, 2.75) is 45.1 Å². The number of hydrogen-bond acceptors (Lipinski definition) is 4. The molecule has 1 saturated heterocycles. The van der Waals surface area contributed by atoms with E-state index < -0.39 is 0 Å². The molecule has 1 fully saturated rings. The first kappa shape index (κ1) is 14.5. The molecule has 2 heterocycles. The average molecular weight is 333 g/mol. The normalized spacial score (nSPS) is 29.2. The van der Waals surface area contributed by atoms with Gasteiger partial charge in [-0.15, -0.1) is 11.3 Å². The maximum atomic E-state index is 6.21. The van der Waals surface area contributed by atoms with E-state index in [1.165, 1.54) is 4.88 Å². The van der Waals surface area contributed by atoms with Gasteiger partial charge in [-0.25, -0.2) is 0 Å². The van der Waals surface area contributed by atoms with Crippen LogP contribution in [0.2, 0.25) is 0 Å². The van der Waals surface area contributed by atoms with Gasteiger partial charge in [0.25, 0.3) is 0 Å². The highest BCUT2D eigenvalue weighted by atomic mass is 79.9. The summed E-state index contributed by atoms with van der Waals surface area (Å²) in [5.74, 6) is 0. The summed E-state index contributed by atoms with van der Waals surface area (Å²) >= 11 is 5.31. The second-order valence-corrected chi connectivity index (χ2v) is 7.65. The Kier molecular flexibility index (Phi) is 4.83. The van der Waals surface area contributed by atoms with Gasteiger partial charge in [-0.1, -0.05) is 0 Å². The predicted molar refractivity (Wildman–Crippen MR) is 80.0 cm³/mol. The minimum Gasteiger partial charge on any atom is -0.373 e. The number of morpholine rings is 1. The third-order valence-electron chi connectivity index (χ3n) is 3.22. The highest BCUT2D eigenvalue weighted by Gasteiger charge is 2.31. The van der Waals surface area contributed by atoms with E-state index in [2.05, 4.69) is 53.7 Å². The molecule has 0 aromatic carbocycles. The quantitative estimate of drug-likeness (QED) is 0.924. The van der Waals surface area contributed by atoms with Crippen molar-refractivity contribution in [2.24, 2.45) is 5.73 Å². The van der Waals surface area contributed by atoms with Gasteiger partial charge in [0.05, 0.1) is 22.0 Å². The predicted octanol–water partition coefficient (Wildman–Crippen LogP) is 3.01. The molecule has 2 unspecified atom stereocenters. The van der Waals surface area contributed by atoms with Gasteiger partial charge in [-0.3, -0.25) is 4.90 Å². The third kappa shape index (κ3) is 3.33. The lowest BCUT2D eigenvalue weighted by molar-refractivity contribution is -0.0827. The van der Waals surface area contributed by atoms with Crippen molar-refractivity contribution in [1.29, 1.82) is 0 Å². The van der Waals surface area contributed by atoms with E-state index in [1.807, 2.05) is 0 Å². The molecule has 0 amide bonds. The van der Waals surface area contributed by atoms with Crippen molar-refractivity contribution in [3.63, 3.8) is 0 Å². The SMILES string of the molecule is CC(N)C(c1ccc(Br)s1)N1C[C@@H](C)O[C@@H](C)C1. The fraction of sp³-hybridized carbons (Fsp3) is 0.692. The highest BCUT2D eigenvalue weighted by Crippen LogP contribution is 2.33. The van der Waals surface area contributed by atoms with Gasteiger partial charge in [0.15, 0.2) is 0 Å². The van der Waals surface area contributed by atoms with Crippen LogP contribution in [0.3, 0.4) is 0 Å². The Morgan fingerprint density at radius 3 is 2.44 bits per heavy atom. The Balaban J connectivity index is 2.19. The van der Waals surface area contributed by atoms with E-state index in [-0.39, 0.29) is 24.3 Å². The Morgan fingerprint density at radius 1 is 1.39 bits per heavy atom. The maximum Gasteiger partial charge on any atom is 0.0702 e. The summed E-state index contributed by atoms with van der Waals surface area (Å²) in [6.45, 7) is 8.25. The van der Waals surface area contributed by atoms with Gasteiger partial charge < -0.3 is 10.5 Å². The van der Waals surface area contributed by atoms with Crippen LogP contribution in [-0.2, 0) is 4.74 Å². The van der Waals surface area contributed by atoms with Crippen LogP contribution < -0.4 is 5.73 Å². The van der Waals surface area contributed by atoms with E-state index in [0.717, 1.165) is 16.9 Å². The Hall–Kier alpha value is 0.0600. The Bertz CT molecular complexity index is 386. The van der Waals surface area contributed by atoms with Crippen LogP contribution >= 0.6 is 27.3 Å². The number of thiophene rings is 1. The fourth-order valence-electron chi connectivity index (χ4n) is 2.70. The Morgan fingerprint density at radius 2 is 2.00 bits per heavy atom. The van der Waals surface area contributed by atoms with Gasteiger partial charge in [-0.05, 0) is 48.8 Å². The molecule has 5 heteroatoms. The van der Waals surface area contributed by atoms with Gasteiger partial charge in [0.2, 0.25) is 0 Å². The topological polar surface area (TPSA) is 38.5 Å². The summed E-state index contributed by atoms with van der Waals surface area (Å²) in [7, 11) is 0. The molecular formula is C13H21BrN2OS. The number of halogens is 1. The summed E-state index contributed by atoms with van der Waals surface area (Å²) in [4.78, 5) is 3.79. The van der Waals surface area contributed by atoms with Crippen molar-refractivity contribution in [1.82, 2.24) is 4.90 Å². The third-order valence-corrected chi connectivity index (χ3v) is 4.92. The number of nitrogens with two attached hydrogens (primary N) is 1. The molecule has 3 nitrogen and oxygen atoms in total. The standard InChI is InChI=1S/C13H21BrN2OS/c1-8-6-16(7-9(2)17-8)13(10(3)15)11-4-5-12(14)18-11/h4-5,8-10,13H,6-7,15H2,1-3H3/t8-,9+,10?,13?. The van der Waals surface area contributed by atoms with Crippen LogP contribution in [0.15, 0.2) is 15.9 Å². The molecule has 1 aromatic heterocycles. The first-order valence-corrected chi connectivity index (χ1v) is 7.98. The molecular weight excluding hydrogens is 312 g/mol. The molecule has 0 saturated carbocycles. The lowest BCUT2D eigenvalue weighted by atomic mass is 10.0. The van der Waals surface area contributed by atoms with Crippen LogP contribution in [0.5, 0.6) is 0 Å². The molecule has 18 heavy (non-hydrogen) atoms. The first-order chi connectivity index (χ1) is 8.47. The molecule has 0 aliphatic carbocycles. The van der Waals surface area contributed by atoms with Crippen LogP contribution in [0.4, 0.5) is 0 Å². The number of hydrogen-bond donors (Lipinski definition) is 1. The second-order valence-electron chi connectivity index (χ2n) is 5.16. The van der Waals surface area contributed by atoms with E-state index in [9.17, 15) is 0 Å². The maximum absolute atomic E-state index is 6.21. The molecule has 1 aliphatic rings. The van der Waals surface area contributed by atoms with Gasteiger partial charge >= 0.3 is 0 Å². The molecule has 0 radical (unpaired) electrons. The molecule has 4 atom stereocenters. The van der Waals surface area contributed by atoms with Crippen molar-refractivity contribution in [3.05, 3.63) is 20.8 Å². The van der Waals surface area contributed by atoms with Crippen molar-refractivity contribution in [2.75, 3.05) is 13.1 Å². The van der Waals surface area contributed by atoms with Crippen molar-refractivity contribution >= 4 is 27.3 Å². The zero-order valence-corrected chi connectivity index (χ0v) is 13.5. The van der Waals surface area contributed by atoms with E-state index in [0.29, 0.717) is 0 Å². The van der Waals surface area contributed by atoms with Gasteiger partial charge in [0, 0.05) is 24.0 Å². The van der Waals surface area contributed by atoms with E-state index >= 15 is 0 Å². The number of ether oxygens (including phenoxy) is 1. The Labute approximate surface area is 121 Å². The van der Waals surface area contributed by atoms with Gasteiger partial charge in [0.1, 0.15) is 0 Å². The minimum atomic E-state index is 0.119. The zero-order chi connectivity index (χ0) is 13.3.